The van der Waals surface area contributed by atoms with E-state index >= 15 is 0 Å². The number of nitrogens with two attached hydrogens (primary N) is 1. The summed E-state index contributed by atoms with van der Waals surface area (Å²) in [7, 11) is 0. The summed E-state index contributed by atoms with van der Waals surface area (Å²) < 4.78 is 3.28. The molecule has 0 spiro atoms. The summed E-state index contributed by atoms with van der Waals surface area (Å²) in [5.41, 5.74) is 10.3. The second kappa shape index (κ2) is 11.1. The molecule has 25 heavy (non-hydrogen) atoms. The van der Waals surface area contributed by atoms with Crippen LogP contribution in [0.4, 0.5) is 17.1 Å². The number of quaternary nitrogens is 1. The van der Waals surface area contributed by atoms with E-state index in [0.29, 0.717) is 5.69 Å². The first-order valence-electron chi connectivity index (χ1n) is 8.17. The molecule has 1 aliphatic rings. The van der Waals surface area contributed by atoms with Crippen molar-refractivity contribution in [1.82, 2.24) is 0 Å². The zero-order valence-electron chi connectivity index (χ0n) is 15.2. The van der Waals surface area contributed by atoms with Gasteiger partial charge >= 0.3 is 0 Å². The van der Waals surface area contributed by atoms with Crippen molar-refractivity contribution in [2.45, 2.75) is 32.1 Å². The SMILES string of the molecule is CCC.CS.Cc1ccc(SNc2ccc(N)c3c2[NH+](O)C=C3)cc1. The fraction of sp³-hybridized carbons (Fsp3) is 0.263. The van der Waals surface area contributed by atoms with E-state index in [2.05, 4.69) is 62.4 Å². The molecule has 1 aliphatic heterocycles. The highest BCUT2D eigenvalue weighted by atomic mass is 32.2. The van der Waals surface area contributed by atoms with E-state index in [1.54, 1.807) is 12.5 Å². The quantitative estimate of drug-likeness (QED) is 0.309. The third-order valence-corrected chi connectivity index (χ3v) is 4.07. The van der Waals surface area contributed by atoms with Crippen molar-refractivity contribution >= 4 is 47.7 Å². The van der Waals surface area contributed by atoms with E-state index in [9.17, 15) is 5.21 Å². The highest BCUT2D eigenvalue weighted by Gasteiger charge is 2.25. The van der Waals surface area contributed by atoms with E-state index in [4.69, 9.17) is 5.73 Å². The number of thiol groups is 1. The number of hydrogen-bond acceptors (Lipinski definition) is 5. The number of hydroxylamine groups is 1. The third-order valence-electron chi connectivity index (χ3n) is 3.24. The van der Waals surface area contributed by atoms with Gasteiger partial charge in [0.15, 0.2) is 0 Å². The summed E-state index contributed by atoms with van der Waals surface area (Å²) >= 11 is 5.04. The first kappa shape index (κ1) is 21.4. The smallest absolute Gasteiger partial charge is 0.202 e. The largest absolute Gasteiger partial charge is 0.398 e. The fourth-order valence-electron chi connectivity index (χ4n) is 2.14. The van der Waals surface area contributed by atoms with Gasteiger partial charge in [-0.1, -0.05) is 38.0 Å². The number of benzene rings is 2. The van der Waals surface area contributed by atoms with Crippen LogP contribution in [0.1, 0.15) is 31.4 Å². The lowest BCUT2D eigenvalue weighted by molar-refractivity contribution is -0.987. The molecule has 0 saturated carbocycles. The predicted octanol–water partition coefficient (Wildman–Crippen LogP) is 4.55. The maximum absolute atomic E-state index is 9.95. The topological polar surface area (TPSA) is 62.7 Å². The minimum atomic E-state index is 0.249. The van der Waals surface area contributed by atoms with Crippen LogP contribution >= 0.6 is 24.6 Å². The molecular weight excluding hydrogens is 350 g/mol. The van der Waals surface area contributed by atoms with Crippen molar-refractivity contribution in [1.29, 1.82) is 0 Å². The molecule has 5 N–H and O–H groups in total. The molecule has 136 valence electrons. The summed E-state index contributed by atoms with van der Waals surface area (Å²) in [6.45, 7) is 6.31. The lowest BCUT2D eigenvalue weighted by atomic mass is 10.1. The van der Waals surface area contributed by atoms with Gasteiger partial charge in [0.05, 0.1) is 5.56 Å². The van der Waals surface area contributed by atoms with Gasteiger partial charge in [0.2, 0.25) is 5.69 Å². The Labute approximate surface area is 160 Å². The summed E-state index contributed by atoms with van der Waals surface area (Å²) in [4.78, 5) is 1.12. The molecule has 0 amide bonds. The minimum absolute atomic E-state index is 0.249. The Kier molecular flexibility index (Phi) is 9.52. The van der Waals surface area contributed by atoms with Crippen molar-refractivity contribution in [3.63, 3.8) is 0 Å². The van der Waals surface area contributed by atoms with E-state index in [-0.39, 0.29) is 5.06 Å². The number of anilines is 2. The zero-order valence-corrected chi connectivity index (χ0v) is 16.9. The van der Waals surface area contributed by atoms with Crippen LogP contribution in [0.15, 0.2) is 47.5 Å². The molecule has 0 saturated heterocycles. The standard InChI is InChI=1S/C15H15N3OS.C3H8.CH4S/c1-10-2-4-11(5-3-10)20-17-14-7-6-13(16)12-8-9-18(19)15(12)14;1-3-2;1-2/h2-9,17,19H,16H2,1H3;3H2,1-2H3;2H,1H3/p+1. The number of nitrogen functional groups attached to an aromatic ring is 1. The molecule has 3 rings (SSSR count). The van der Waals surface area contributed by atoms with Crippen LogP contribution in [0.2, 0.25) is 0 Å². The first-order valence-corrected chi connectivity index (χ1v) is 9.89. The molecule has 1 heterocycles. The molecular formula is C19H28N3OS2+. The molecule has 0 fully saturated rings. The monoisotopic (exact) mass is 378 g/mol. The number of aryl methyl sites for hydroxylation is 1. The zero-order chi connectivity index (χ0) is 18.8. The van der Waals surface area contributed by atoms with Gasteiger partial charge < -0.3 is 10.5 Å². The summed E-state index contributed by atoms with van der Waals surface area (Å²) in [6, 6.07) is 12.0. The van der Waals surface area contributed by atoms with Crippen LogP contribution in [-0.2, 0) is 0 Å². The third kappa shape index (κ3) is 6.01. The van der Waals surface area contributed by atoms with E-state index in [1.165, 1.54) is 23.9 Å². The molecule has 0 aliphatic carbocycles. The number of rotatable bonds is 3. The summed E-state index contributed by atoms with van der Waals surface area (Å²) in [5.74, 6) is 0. The Bertz CT molecular complexity index is 688. The molecule has 1 atom stereocenters. The van der Waals surface area contributed by atoms with Crippen molar-refractivity contribution in [2.75, 3.05) is 16.7 Å². The van der Waals surface area contributed by atoms with Gasteiger partial charge in [0.25, 0.3) is 0 Å². The Morgan fingerprint density at radius 3 is 2.32 bits per heavy atom. The Morgan fingerprint density at radius 2 is 1.72 bits per heavy atom. The van der Waals surface area contributed by atoms with Gasteiger partial charge in [-0.05, 0) is 49.4 Å². The van der Waals surface area contributed by atoms with E-state index in [0.717, 1.165) is 21.8 Å². The molecule has 0 radical (unpaired) electrons. The van der Waals surface area contributed by atoms with Gasteiger partial charge in [0, 0.05) is 16.7 Å². The van der Waals surface area contributed by atoms with Crippen LogP contribution in [-0.4, -0.2) is 11.5 Å². The molecule has 2 aromatic carbocycles. The highest BCUT2D eigenvalue weighted by Crippen LogP contribution is 2.33. The Morgan fingerprint density at radius 1 is 1.12 bits per heavy atom. The van der Waals surface area contributed by atoms with Crippen molar-refractivity contribution < 1.29 is 10.3 Å². The predicted molar refractivity (Wildman–Crippen MR) is 114 cm³/mol. The van der Waals surface area contributed by atoms with Crippen LogP contribution < -0.4 is 15.5 Å². The summed E-state index contributed by atoms with van der Waals surface area (Å²) in [5, 5.41) is 10.2. The average Bonchev–Trinajstić information content (AvgIpc) is 3.01. The minimum Gasteiger partial charge on any atom is -0.398 e. The van der Waals surface area contributed by atoms with Gasteiger partial charge in [-0.25, -0.2) is 5.21 Å². The number of hydrogen-bond donors (Lipinski definition) is 5. The average molecular weight is 379 g/mol. The van der Waals surface area contributed by atoms with Gasteiger partial charge in [-0.3, -0.25) is 0 Å². The molecule has 0 bridgehead atoms. The first-order chi connectivity index (χ1) is 12.1. The molecule has 2 aromatic rings. The lowest BCUT2D eigenvalue weighted by Crippen LogP contribution is -2.98. The molecule has 1 unspecified atom stereocenters. The fourth-order valence-corrected chi connectivity index (χ4v) is 2.81. The van der Waals surface area contributed by atoms with Crippen LogP contribution in [0.25, 0.3) is 6.08 Å². The summed E-state index contributed by atoms with van der Waals surface area (Å²) in [6.07, 6.45) is 6.45. The maximum atomic E-state index is 9.95. The van der Waals surface area contributed by atoms with Crippen molar-refractivity contribution in [3.8, 4) is 0 Å². The van der Waals surface area contributed by atoms with Gasteiger partial charge in [-0.15, -0.1) is 5.06 Å². The Hall–Kier alpha value is -1.60. The molecule has 4 nitrogen and oxygen atoms in total. The van der Waals surface area contributed by atoms with Crippen molar-refractivity contribution in [3.05, 3.63) is 53.7 Å². The van der Waals surface area contributed by atoms with E-state index in [1.807, 2.05) is 18.2 Å². The van der Waals surface area contributed by atoms with Crippen LogP contribution in [0, 0.1) is 6.92 Å². The Balaban J connectivity index is 0.000000567. The maximum Gasteiger partial charge on any atom is 0.202 e. The van der Waals surface area contributed by atoms with E-state index < -0.39 is 0 Å². The second-order valence-electron chi connectivity index (χ2n) is 5.43. The number of nitrogens with one attached hydrogen (secondary N) is 2. The second-order valence-corrected chi connectivity index (χ2v) is 6.31. The van der Waals surface area contributed by atoms with Gasteiger partial charge in [0.1, 0.15) is 11.9 Å². The van der Waals surface area contributed by atoms with Crippen LogP contribution in [0.3, 0.4) is 0 Å². The molecule has 6 heteroatoms. The van der Waals surface area contributed by atoms with Gasteiger partial charge in [-0.2, -0.15) is 12.6 Å². The van der Waals surface area contributed by atoms with Crippen molar-refractivity contribution in [2.24, 2.45) is 0 Å². The lowest BCUT2D eigenvalue weighted by Gasteiger charge is -2.12. The number of fused-ring (bicyclic) bond motifs is 1. The molecule has 0 aromatic heterocycles. The highest BCUT2D eigenvalue weighted by molar-refractivity contribution is 8.00. The van der Waals surface area contributed by atoms with Crippen LogP contribution in [0.5, 0.6) is 0 Å². The normalized spacial score (nSPS) is 13.9.